The number of hydrogen-bond donors (Lipinski definition) is 2. The van der Waals surface area contributed by atoms with E-state index in [-0.39, 0.29) is 33.9 Å². The fourth-order valence-corrected chi connectivity index (χ4v) is 0.410. The first-order chi connectivity index (χ1) is 5.54. The van der Waals surface area contributed by atoms with Crippen LogP contribution in [-0.4, -0.2) is 23.0 Å². The maximum atomic E-state index is 10.0. The van der Waals surface area contributed by atoms with Gasteiger partial charge in [0.05, 0.1) is 0 Å². The third-order valence-electron chi connectivity index (χ3n) is 1.000. The third-order valence-corrected chi connectivity index (χ3v) is 1.000. The Bertz CT molecular complexity index is 153. The van der Waals surface area contributed by atoms with Gasteiger partial charge in [-0.1, -0.05) is 6.92 Å². The number of aliphatic carboxylic acids is 1. The van der Waals surface area contributed by atoms with Crippen LogP contribution in [-0.2, 0) is 30.7 Å². The molecule has 0 aromatic carbocycles. The van der Waals surface area contributed by atoms with Crippen LogP contribution in [0.4, 0.5) is 0 Å². The van der Waals surface area contributed by atoms with Gasteiger partial charge in [0.1, 0.15) is 6.04 Å². The van der Waals surface area contributed by atoms with Crippen LogP contribution in [0.2, 0.25) is 0 Å². The van der Waals surface area contributed by atoms with Crippen LogP contribution in [0, 0.1) is 13.8 Å². The summed E-state index contributed by atoms with van der Waals surface area (Å²) in [6.45, 7) is 6.00. The molecule has 0 bridgehead atoms. The molecule has 0 aliphatic carbocycles. The molecule has 0 aliphatic rings. The molecule has 0 saturated carbocycles. The Balaban J connectivity index is -0.000000309. The summed E-state index contributed by atoms with van der Waals surface area (Å²) >= 11 is 0. The Hall–Kier alpha value is -0.542. The van der Waals surface area contributed by atoms with E-state index in [2.05, 4.69) is 13.8 Å². The molecule has 76 valence electrons. The number of nitrogens with two attached hydrogens (primary N) is 1. The van der Waals surface area contributed by atoms with Crippen molar-refractivity contribution in [1.82, 2.24) is 0 Å². The first kappa shape index (κ1) is 18.3. The van der Waals surface area contributed by atoms with E-state index in [1.807, 2.05) is 0 Å². The number of hydrogen-bond acceptors (Lipinski definition) is 3. The van der Waals surface area contributed by atoms with Crippen molar-refractivity contribution >= 4 is 11.9 Å². The Morgan fingerprint density at radius 2 is 1.92 bits per heavy atom. The molecule has 4 N–H and O–H groups in total. The molecule has 0 spiro atoms. The van der Waals surface area contributed by atoms with E-state index in [1.165, 1.54) is 0 Å². The summed E-state index contributed by atoms with van der Waals surface area (Å²) in [5.41, 5.74) is 11.5. The van der Waals surface area contributed by atoms with Gasteiger partial charge in [-0.15, -0.1) is 0 Å². The molecule has 13 heavy (non-hydrogen) atoms. The normalized spacial score (nSPS) is 10.0. The van der Waals surface area contributed by atoms with Crippen LogP contribution < -0.4 is 5.73 Å². The zero-order valence-electron chi connectivity index (χ0n) is 7.16. The van der Waals surface area contributed by atoms with E-state index in [1.54, 1.807) is 0 Å². The zero-order valence-corrected chi connectivity index (χ0v) is 10.1. The van der Waals surface area contributed by atoms with Crippen molar-refractivity contribution in [3.8, 4) is 0 Å². The molecule has 0 fully saturated rings. The molecule has 6 heteroatoms. The van der Waals surface area contributed by atoms with Crippen molar-refractivity contribution in [2.24, 2.45) is 5.73 Å². The van der Waals surface area contributed by atoms with Crippen molar-refractivity contribution < 1.29 is 35.8 Å². The summed E-state index contributed by atoms with van der Waals surface area (Å²) in [4.78, 5) is 20.0. The molecule has 0 radical (unpaired) electrons. The van der Waals surface area contributed by atoms with Gasteiger partial charge in [-0.05, 0) is 12.8 Å². The fraction of sp³-hybridized carbons (Fsp3) is 0.429. The zero-order chi connectivity index (χ0) is 10.1. The van der Waals surface area contributed by atoms with Crippen molar-refractivity contribution in [3.05, 3.63) is 19.6 Å². The van der Waals surface area contributed by atoms with Gasteiger partial charge in [0.15, 0.2) is 0 Å². The Morgan fingerprint density at radius 3 is 2.15 bits per heavy atom. The minimum Gasteiger partial charge on any atom is -0.668 e. The summed E-state index contributed by atoms with van der Waals surface area (Å²) < 4.78 is 0. The van der Waals surface area contributed by atoms with Crippen LogP contribution in [0.5, 0.6) is 0 Å². The van der Waals surface area contributed by atoms with E-state index in [4.69, 9.17) is 16.6 Å². The molecule has 0 aliphatic heterocycles. The molecule has 1 amide bonds. The Morgan fingerprint density at radius 1 is 1.54 bits per heavy atom. The minimum atomic E-state index is -1.14. The maximum absolute atomic E-state index is 10.0. The van der Waals surface area contributed by atoms with E-state index < -0.39 is 17.9 Å². The number of carboxylic acids is 1. The van der Waals surface area contributed by atoms with Gasteiger partial charge in [0, 0.05) is 27.0 Å². The van der Waals surface area contributed by atoms with Gasteiger partial charge >= 0.3 is 5.97 Å². The first-order valence-electron chi connectivity index (χ1n) is 3.27. The molecule has 0 rings (SSSR count). The smallest absolute Gasteiger partial charge is 0.320 e. The van der Waals surface area contributed by atoms with Crippen LogP contribution >= 0.6 is 0 Å². The van der Waals surface area contributed by atoms with Crippen LogP contribution in [0.3, 0.4) is 0 Å². The molecule has 1 unspecified atom stereocenters. The van der Waals surface area contributed by atoms with Gasteiger partial charge in [-0.25, -0.2) is 0 Å². The minimum absolute atomic E-state index is 0. The SMILES string of the molecule is [CH2+][CH2-].[NH-]C(=O)CCC(N)C(=O)O.[W]. The quantitative estimate of drug-likeness (QED) is 0.711. The van der Waals surface area contributed by atoms with E-state index in [0.717, 1.165) is 0 Å². The van der Waals surface area contributed by atoms with Crippen molar-refractivity contribution in [2.45, 2.75) is 18.9 Å². The number of amides is 1. The molecular weight excluding hydrogens is 344 g/mol. The number of carbonyl (C=O) groups is 2. The average molecular weight is 357 g/mol. The van der Waals surface area contributed by atoms with Gasteiger partial charge in [0.2, 0.25) is 0 Å². The van der Waals surface area contributed by atoms with Crippen molar-refractivity contribution in [3.63, 3.8) is 0 Å². The number of rotatable bonds is 4. The predicted octanol–water partition coefficient (Wildman–Crippen LogP) is 0.409. The van der Waals surface area contributed by atoms with Crippen LogP contribution in [0.15, 0.2) is 0 Å². The van der Waals surface area contributed by atoms with E-state index in [9.17, 15) is 9.59 Å². The fourth-order valence-electron chi connectivity index (χ4n) is 0.410. The predicted molar refractivity (Wildman–Crippen MR) is 44.9 cm³/mol. The number of carboxylic acid groups (broad SMARTS) is 1. The van der Waals surface area contributed by atoms with Gasteiger partial charge in [-0.2, -0.15) is 6.92 Å². The molecule has 1 atom stereocenters. The molecule has 0 saturated heterocycles. The second kappa shape index (κ2) is 11.5. The first-order valence-corrected chi connectivity index (χ1v) is 3.27. The number of nitrogens with one attached hydrogen (secondary N) is 1. The Kier molecular flexibility index (Phi) is 16.1. The van der Waals surface area contributed by atoms with E-state index >= 15 is 0 Å². The summed E-state index contributed by atoms with van der Waals surface area (Å²) in [6, 6.07) is -1.02. The second-order valence-corrected chi connectivity index (χ2v) is 1.91. The van der Waals surface area contributed by atoms with Gasteiger partial charge in [-0.3, -0.25) is 4.79 Å². The monoisotopic (exact) mass is 357 g/mol. The third kappa shape index (κ3) is 14.3. The van der Waals surface area contributed by atoms with Gasteiger partial charge < -0.3 is 21.4 Å². The summed E-state index contributed by atoms with van der Waals surface area (Å²) in [5.74, 6) is -1.92. The van der Waals surface area contributed by atoms with Crippen molar-refractivity contribution in [2.75, 3.05) is 0 Å². The average Bonchev–Trinajstić information content (AvgIpc) is 2.03. The van der Waals surface area contributed by atoms with E-state index in [0.29, 0.717) is 0 Å². The molecule has 5 nitrogen and oxygen atoms in total. The van der Waals surface area contributed by atoms with Crippen LogP contribution in [0.1, 0.15) is 12.8 Å². The largest absolute Gasteiger partial charge is 0.668 e. The summed E-state index contributed by atoms with van der Waals surface area (Å²) in [6.07, 6.45) is -0.0505. The number of carbonyl (C=O) groups excluding carboxylic acids is 1. The van der Waals surface area contributed by atoms with Gasteiger partial charge in [0.25, 0.3) is 0 Å². The summed E-state index contributed by atoms with van der Waals surface area (Å²) in [5, 5.41) is 8.20. The maximum Gasteiger partial charge on any atom is 0.320 e. The van der Waals surface area contributed by atoms with Crippen molar-refractivity contribution in [1.29, 1.82) is 0 Å². The molecular formula is C7H13N2O3W-. The van der Waals surface area contributed by atoms with Crippen LogP contribution in [0.25, 0.3) is 5.73 Å². The topological polar surface area (TPSA) is 104 Å². The molecule has 0 aromatic rings. The molecule has 0 heterocycles. The standard InChI is InChI=1S/C5H10N2O3.C2H4.W/c6-3(5(9)10)1-2-4(7)8;1-2;/h3H,1-2,6H2,(H3,7,8,9,10);1-2H2;/p-1. The molecule has 0 aromatic heterocycles. The Labute approximate surface area is 92.1 Å². The summed E-state index contributed by atoms with van der Waals surface area (Å²) in [7, 11) is 0. The second-order valence-electron chi connectivity index (χ2n) is 1.91.